The van der Waals surface area contributed by atoms with E-state index in [4.69, 9.17) is 17.0 Å². The lowest BCUT2D eigenvalue weighted by molar-refractivity contribution is -0.119. The van der Waals surface area contributed by atoms with Gasteiger partial charge in [0.2, 0.25) is 5.91 Å². The van der Waals surface area contributed by atoms with Crippen molar-refractivity contribution < 1.29 is 14.3 Å². The molecule has 6 nitrogen and oxygen atoms in total. The molecule has 0 aromatic heterocycles. The lowest BCUT2D eigenvalue weighted by Gasteiger charge is -2.37. The number of piperidine rings is 1. The Kier molecular flexibility index (Phi) is 7.84. The lowest BCUT2D eigenvalue weighted by Crippen LogP contribution is -2.47. The van der Waals surface area contributed by atoms with Crippen molar-refractivity contribution in [3.63, 3.8) is 0 Å². The van der Waals surface area contributed by atoms with Crippen molar-refractivity contribution in [2.24, 2.45) is 0 Å². The van der Waals surface area contributed by atoms with Gasteiger partial charge in [-0.3, -0.25) is 4.79 Å². The highest BCUT2D eigenvalue weighted by Gasteiger charge is 2.24. The Balaban J connectivity index is 1.93. The van der Waals surface area contributed by atoms with E-state index < -0.39 is 0 Å². The van der Waals surface area contributed by atoms with Crippen LogP contribution < -0.4 is 10.6 Å². The molecule has 1 fully saturated rings. The van der Waals surface area contributed by atoms with Crippen molar-refractivity contribution in [2.75, 3.05) is 25.0 Å². The average Bonchev–Trinajstić information content (AvgIpc) is 2.62. The number of esters is 1. The summed E-state index contributed by atoms with van der Waals surface area (Å²) in [6, 6.07) is 7.44. The molecule has 0 bridgehead atoms. The van der Waals surface area contributed by atoms with Gasteiger partial charge in [0.15, 0.2) is 5.11 Å². The number of thiocarbonyl (C=S) groups is 1. The fraction of sp³-hybridized carbons (Fsp3) is 0.526. The summed E-state index contributed by atoms with van der Waals surface area (Å²) in [5.74, 6) is -0.328. The van der Waals surface area contributed by atoms with Crippen molar-refractivity contribution >= 4 is 34.9 Å². The van der Waals surface area contributed by atoms with E-state index >= 15 is 0 Å². The first-order chi connectivity index (χ1) is 12.5. The molecule has 2 N–H and O–H groups in total. The number of amides is 1. The molecule has 1 aliphatic rings. The second-order valence-electron chi connectivity index (χ2n) is 6.34. The summed E-state index contributed by atoms with van der Waals surface area (Å²) in [5.41, 5.74) is 1.36. The largest absolute Gasteiger partial charge is 0.462 e. The highest BCUT2D eigenvalue weighted by molar-refractivity contribution is 7.80. The Bertz CT molecular complexity index is 633. The predicted octanol–water partition coefficient (Wildman–Crippen LogP) is 2.94. The summed E-state index contributed by atoms with van der Waals surface area (Å²) in [4.78, 5) is 25.0. The summed E-state index contributed by atoms with van der Waals surface area (Å²) in [7, 11) is 0. The van der Waals surface area contributed by atoms with Crippen molar-refractivity contribution in [2.45, 2.75) is 45.6 Å². The predicted molar refractivity (Wildman–Crippen MR) is 106 cm³/mol. The first-order valence-corrected chi connectivity index (χ1v) is 9.51. The van der Waals surface area contributed by atoms with Gasteiger partial charge >= 0.3 is 5.97 Å². The topological polar surface area (TPSA) is 70.7 Å². The van der Waals surface area contributed by atoms with Crippen molar-refractivity contribution in [3.05, 3.63) is 29.8 Å². The minimum absolute atomic E-state index is 0.00486. The number of hydrogen-bond donors (Lipinski definition) is 2. The van der Waals surface area contributed by atoms with E-state index in [1.807, 2.05) is 12.1 Å². The van der Waals surface area contributed by atoms with E-state index in [-0.39, 0.29) is 11.9 Å². The van der Waals surface area contributed by atoms with Crippen LogP contribution in [0.1, 0.15) is 49.9 Å². The Morgan fingerprint density at radius 3 is 2.65 bits per heavy atom. The molecule has 1 aliphatic heterocycles. The van der Waals surface area contributed by atoms with Crippen LogP contribution in [0.2, 0.25) is 0 Å². The average molecular weight is 378 g/mol. The van der Waals surface area contributed by atoms with Crippen LogP contribution in [-0.2, 0) is 9.53 Å². The van der Waals surface area contributed by atoms with Gasteiger partial charge in [-0.1, -0.05) is 0 Å². The zero-order chi connectivity index (χ0) is 18.9. The quantitative estimate of drug-likeness (QED) is 0.587. The number of anilines is 1. The van der Waals surface area contributed by atoms with Crippen LogP contribution in [0, 0.1) is 0 Å². The molecule has 0 spiro atoms. The van der Waals surface area contributed by atoms with Crippen LogP contribution in [0.5, 0.6) is 0 Å². The van der Waals surface area contributed by atoms with Gasteiger partial charge in [-0.2, -0.15) is 0 Å². The molecule has 26 heavy (non-hydrogen) atoms. The maximum Gasteiger partial charge on any atom is 0.338 e. The van der Waals surface area contributed by atoms with Gasteiger partial charge < -0.3 is 20.3 Å². The smallest absolute Gasteiger partial charge is 0.338 e. The van der Waals surface area contributed by atoms with Gasteiger partial charge in [0.1, 0.15) is 0 Å². The summed E-state index contributed by atoms with van der Waals surface area (Å²) >= 11 is 5.60. The first kappa shape index (κ1) is 20.2. The normalized spacial score (nSPS) is 16.7. The minimum atomic E-state index is -0.323. The number of carbonyl (C=O) groups is 2. The third-order valence-electron chi connectivity index (χ3n) is 4.39. The Labute approximate surface area is 160 Å². The molecule has 7 heteroatoms. The second-order valence-corrected chi connectivity index (χ2v) is 6.73. The molecule has 1 atom stereocenters. The van der Waals surface area contributed by atoms with Crippen molar-refractivity contribution in [1.29, 1.82) is 0 Å². The maximum atomic E-state index is 11.7. The van der Waals surface area contributed by atoms with Crippen LogP contribution in [-0.4, -0.2) is 47.6 Å². The number of nitrogens with zero attached hydrogens (tertiary/aromatic N) is 1. The molecule has 0 aliphatic carbocycles. The highest BCUT2D eigenvalue weighted by Crippen LogP contribution is 2.21. The van der Waals surface area contributed by atoms with Gasteiger partial charge in [0.05, 0.1) is 12.2 Å². The number of rotatable bonds is 6. The molecule has 1 aromatic carbocycles. The summed E-state index contributed by atoms with van der Waals surface area (Å²) < 4.78 is 4.99. The SMILES string of the molecule is CCOC(=O)c1ccc(NC(=S)N2CCCC[C@@H]2CCNC(C)=O)cc1. The van der Waals surface area contributed by atoms with Crippen LogP contribution in [0.15, 0.2) is 24.3 Å². The maximum absolute atomic E-state index is 11.7. The van der Waals surface area contributed by atoms with E-state index in [1.165, 1.54) is 13.3 Å². The highest BCUT2D eigenvalue weighted by atomic mass is 32.1. The standard InChI is InChI=1S/C19H27N3O3S/c1-3-25-18(24)15-7-9-16(10-8-15)21-19(26)22-13-5-4-6-17(22)11-12-20-14(2)23/h7-10,17H,3-6,11-13H2,1-2H3,(H,20,23)(H,21,26)/t17-/m1/s1. The monoisotopic (exact) mass is 377 g/mol. The van der Waals surface area contributed by atoms with Crippen molar-refractivity contribution in [3.8, 4) is 0 Å². The van der Waals surface area contributed by atoms with Crippen LogP contribution in [0.4, 0.5) is 5.69 Å². The van der Waals surface area contributed by atoms with Crippen LogP contribution >= 0.6 is 12.2 Å². The fourth-order valence-electron chi connectivity index (χ4n) is 3.08. The van der Waals surface area contributed by atoms with Gasteiger partial charge in [-0.25, -0.2) is 4.79 Å². The number of ether oxygens (including phenoxy) is 1. The molecule has 142 valence electrons. The molecular weight excluding hydrogens is 350 g/mol. The zero-order valence-electron chi connectivity index (χ0n) is 15.4. The van der Waals surface area contributed by atoms with E-state index in [1.54, 1.807) is 19.1 Å². The Hall–Kier alpha value is -2.15. The van der Waals surface area contributed by atoms with E-state index in [2.05, 4.69) is 15.5 Å². The minimum Gasteiger partial charge on any atom is -0.462 e. The molecule has 1 aromatic rings. The second kappa shape index (κ2) is 10.1. The lowest BCUT2D eigenvalue weighted by atomic mass is 10.00. The van der Waals surface area contributed by atoms with Crippen LogP contribution in [0.25, 0.3) is 0 Å². The number of benzene rings is 1. The van der Waals surface area contributed by atoms with Gasteiger partial charge in [0, 0.05) is 31.7 Å². The molecule has 0 saturated carbocycles. The third kappa shape index (κ3) is 5.98. The summed E-state index contributed by atoms with van der Waals surface area (Å²) in [6.45, 7) is 5.25. The number of carbonyl (C=O) groups excluding carboxylic acids is 2. The fourth-order valence-corrected chi connectivity index (χ4v) is 3.44. The Morgan fingerprint density at radius 1 is 1.27 bits per heavy atom. The number of nitrogens with one attached hydrogen (secondary N) is 2. The molecule has 1 saturated heterocycles. The van der Waals surface area contributed by atoms with E-state index in [9.17, 15) is 9.59 Å². The first-order valence-electron chi connectivity index (χ1n) is 9.10. The summed E-state index contributed by atoms with van der Waals surface area (Å²) in [6.07, 6.45) is 4.24. The molecule has 1 amide bonds. The molecular formula is C19H27N3O3S. The van der Waals surface area contributed by atoms with Crippen LogP contribution in [0.3, 0.4) is 0 Å². The van der Waals surface area contributed by atoms with Gasteiger partial charge in [0.25, 0.3) is 0 Å². The molecule has 2 rings (SSSR count). The third-order valence-corrected chi connectivity index (χ3v) is 4.72. The zero-order valence-corrected chi connectivity index (χ0v) is 16.2. The molecule has 1 heterocycles. The van der Waals surface area contributed by atoms with Gasteiger partial charge in [-0.05, 0) is 69.1 Å². The van der Waals surface area contributed by atoms with E-state index in [0.717, 1.165) is 31.5 Å². The Morgan fingerprint density at radius 2 is 2.00 bits per heavy atom. The molecule has 0 radical (unpaired) electrons. The van der Waals surface area contributed by atoms with Crippen molar-refractivity contribution in [1.82, 2.24) is 10.2 Å². The number of hydrogen-bond acceptors (Lipinski definition) is 4. The van der Waals surface area contributed by atoms with E-state index in [0.29, 0.717) is 29.9 Å². The molecule has 0 unspecified atom stereocenters. The number of likely N-dealkylation sites (tertiary alicyclic amines) is 1. The summed E-state index contributed by atoms with van der Waals surface area (Å²) in [5, 5.41) is 6.79. The van der Waals surface area contributed by atoms with Gasteiger partial charge in [-0.15, -0.1) is 0 Å².